The molecule has 2 atom stereocenters. The average Bonchev–Trinajstić information content (AvgIpc) is 2.88. The Labute approximate surface area is 106 Å². The van der Waals surface area contributed by atoms with Crippen LogP contribution in [0.25, 0.3) is 11.2 Å². The van der Waals surface area contributed by atoms with E-state index < -0.39 is 6.23 Å². The fourth-order valence-electron chi connectivity index (χ4n) is 1.89. The number of hydrogen-bond acceptors (Lipinski definition) is 6. The Balaban J connectivity index is 1.98. The Morgan fingerprint density at radius 2 is 2.44 bits per heavy atom. The molecule has 8 heteroatoms. The zero-order chi connectivity index (χ0) is 12.5. The van der Waals surface area contributed by atoms with Gasteiger partial charge < -0.3 is 14.8 Å². The number of imidazole rings is 1. The van der Waals surface area contributed by atoms with Crippen molar-refractivity contribution < 1.29 is 9.84 Å². The molecule has 1 aliphatic heterocycles. The van der Waals surface area contributed by atoms with E-state index in [9.17, 15) is 4.79 Å². The van der Waals surface area contributed by atoms with Gasteiger partial charge >= 0.3 is 0 Å². The third-order valence-corrected chi connectivity index (χ3v) is 3.93. The largest absolute Gasteiger partial charge is 0.394 e. The maximum Gasteiger partial charge on any atom is 0.281 e. The van der Waals surface area contributed by atoms with Crippen LogP contribution in [0.4, 0.5) is 0 Å². The predicted molar refractivity (Wildman–Crippen MR) is 66.5 cm³/mol. The Morgan fingerprint density at radius 1 is 1.56 bits per heavy atom. The molecule has 1 aliphatic rings. The van der Waals surface area contributed by atoms with Gasteiger partial charge in [0.2, 0.25) is 0 Å². The first-order valence-corrected chi connectivity index (χ1v) is 6.69. The Morgan fingerprint density at radius 3 is 3.28 bits per heavy atom. The highest BCUT2D eigenvalue weighted by molar-refractivity contribution is 7.99. The van der Waals surface area contributed by atoms with E-state index in [1.54, 1.807) is 11.8 Å². The Kier molecular flexibility index (Phi) is 3.06. The molecule has 2 N–H and O–H groups in total. The second kappa shape index (κ2) is 4.71. The number of ether oxygens (including phenoxy) is 1. The van der Waals surface area contributed by atoms with Crippen molar-refractivity contribution in [3.05, 3.63) is 23.0 Å². The molecule has 18 heavy (non-hydrogen) atoms. The molecule has 0 amide bonds. The standard InChI is InChI=1S/C10H12N4O3S/c15-1-6-2-18-3-7(17-6)14-5-13-9-8(10(14)16)11-4-12-9/h4-7,15H,1-3H2,(H,11,12). The van der Waals surface area contributed by atoms with Gasteiger partial charge in [0.1, 0.15) is 12.6 Å². The number of nitrogens with one attached hydrogen (secondary N) is 1. The van der Waals surface area contributed by atoms with E-state index in [2.05, 4.69) is 15.0 Å². The number of hydrogen-bond donors (Lipinski definition) is 2. The predicted octanol–water partition coefficient (Wildman–Crippen LogP) is -0.258. The Hall–Kier alpha value is -1.38. The van der Waals surface area contributed by atoms with Crippen molar-refractivity contribution in [2.45, 2.75) is 12.3 Å². The fourth-order valence-corrected chi connectivity index (χ4v) is 2.91. The average molecular weight is 268 g/mol. The highest BCUT2D eigenvalue weighted by Crippen LogP contribution is 2.24. The summed E-state index contributed by atoms with van der Waals surface area (Å²) in [4.78, 5) is 23.0. The topological polar surface area (TPSA) is 93.0 Å². The number of nitrogens with zero attached hydrogens (tertiary/aromatic N) is 3. The van der Waals surface area contributed by atoms with Crippen LogP contribution >= 0.6 is 11.8 Å². The number of rotatable bonds is 2. The van der Waals surface area contributed by atoms with Crippen LogP contribution in [0, 0.1) is 0 Å². The molecule has 0 aromatic carbocycles. The van der Waals surface area contributed by atoms with E-state index in [-0.39, 0.29) is 18.3 Å². The molecule has 2 aromatic heterocycles. The van der Waals surface area contributed by atoms with Crippen LogP contribution in [-0.4, -0.2) is 48.8 Å². The minimum Gasteiger partial charge on any atom is -0.394 e. The molecule has 3 rings (SSSR count). The first-order valence-electron chi connectivity index (χ1n) is 5.54. The lowest BCUT2D eigenvalue weighted by molar-refractivity contribution is -0.0581. The molecule has 0 spiro atoms. The molecule has 0 bridgehead atoms. The summed E-state index contributed by atoms with van der Waals surface area (Å²) >= 11 is 1.65. The number of aromatic nitrogens is 4. The number of thioether (sulfide) groups is 1. The van der Waals surface area contributed by atoms with Crippen molar-refractivity contribution in [2.75, 3.05) is 18.1 Å². The van der Waals surface area contributed by atoms with Crippen LogP contribution in [0.1, 0.15) is 6.23 Å². The normalized spacial score (nSPS) is 24.5. The van der Waals surface area contributed by atoms with E-state index in [4.69, 9.17) is 9.84 Å². The van der Waals surface area contributed by atoms with E-state index in [1.165, 1.54) is 17.2 Å². The lowest BCUT2D eigenvalue weighted by Crippen LogP contribution is -2.36. The number of H-pyrrole nitrogens is 1. The molecular formula is C10H12N4O3S. The summed E-state index contributed by atoms with van der Waals surface area (Å²) in [6, 6.07) is 0. The highest BCUT2D eigenvalue weighted by atomic mass is 32.2. The number of aliphatic hydroxyl groups excluding tert-OH is 1. The molecule has 3 heterocycles. The van der Waals surface area contributed by atoms with Crippen molar-refractivity contribution in [3.63, 3.8) is 0 Å². The summed E-state index contributed by atoms with van der Waals surface area (Å²) in [6.07, 6.45) is 2.25. The number of aromatic amines is 1. The van der Waals surface area contributed by atoms with Gasteiger partial charge in [-0.1, -0.05) is 0 Å². The van der Waals surface area contributed by atoms with Gasteiger partial charge in [-0.2, -0.15) is 11.8 Å². The molecular weight excluding hydrogens is 256 g/mol. The van der Waals surface area contributed by atoms with Crippen LogP contribution in [-0.2, 0) is 4.74 Å². The zero-order valence-corrected chi connectivity index (χ0v) is 10.3. The van der Waals surface area contributed by atoms with Gasteiger partial charge in [-0.25, -0.2) is 9.97 Å². The van der Waals surface area contributed by atoms with Gasteiger partial charge in [0.25, 0.3) is 5.56 Å². The molecule has 2 unspecified atom stereocenters. The molecule has 0 saturated carbocycles. The smallest absolute Gasteiger partial charge is 0.281 e. The Bertz CT molecular complexity index is 610. The second-order valence-corrected chi connectivity index (χ2v) is 5.07. The first-order chi connectivity index (χ1) is 8.79. The molecule has 0 aliphatic carbocycles. The first kappa shape index (κ1) is 11.7. The van der Waals surface area contributed by atoms with E-state index in [0.717, 1.165) is 5.75 Å². The molecule has 1 fully saturated rings. The summed E-state index contributed by atoms with van der Waals surface area (Å²) in [7, 11) is 0. The van der Waals surface area contributed by atoms with Crippen LogP contribution < -0.4 is 5.56 Å². The number of aliphatic hydroxyl groups is 1. The fraction of sp³-hybridized carbons (Fsp3) is 0.500. The van der Waals surface area contributed by atoms with Crippen LogP contribution in [0.2, 0.25) is 0 Å². The summed E-state index contributed by atoms with van der Waals surface area (Å²) in [5, 5.41) is 9.11. The van der Waals surface area contributed by atoms with Crippen LogP contribution in [0.5, 0.6) is 0 Å². The monoisotopic (exact) mass is 268 g/mol. The molecule has 96 valence electrons. The summed E-state index contributed by atoms with van der Waals surface area (Å²) in [5.41, 5.74) is 0.567. The summed E-state index contributed by atoms with van der Waals surface area (Å²) < 4.78 is 7.09. The third kappa shape index (κ3) is 1.92. The van der Waals surface area contributed by atoms with E-state index in [0.29, 0.717) is 16.9 Å². The molecule has 0 radical (unpaired) electrons. The molecule has 2 aromatic rings. The third-order valence-electron chi connectivity index (χ3n) is 2.80. The van der Waals surface area contributed by atoms with E-state index >= 15 is 0 Å². The van der Waals surface area contributed by atoms with Crippen LogP contribution in [0.15, 0.2) is 17.4 Å². The van der Waals surface area contributed by atoms with Gasteiger partial charge in [-0.05, 0) is 0 Å². The van der Waals surface area contributed by atoms with Crippen LogP contribution in [0.3, 0.4) is 0 Å². The van der Waals surface area contributed by atoms with Gasteiger partial charge in [0, 0.05) is 11.5 Å². The summed E-state index contributed by atoms with van der Waals surface area (Å²) in [6.45, 7) is -0.0437. The summed E-state index contributed by atoms with van der Waals surface area (Å²) in [5.74, 6) is 1.40. The van der Waals surface area contributed by atoms with Crippen molar-refractivity contribution in [3.8, 4) is 0 Å². The quantitative estimate of drug-likeness (QED) is 0.779. The van der Waals surface area contributed by atoms with E-state index in [1.807, 2.05) is 0 Å². The molecule has 7 nitrogen and oxygen atoms in total. The molecule has 1 saturated heterocycles. The van der Waals surface area contributed by atoms with Crippen molar-refractivity contribution in [1.29, 1.82) is 0 Å². The highest BCUT2D eigenvalue weighted by Gasteiger charge is 2.25. The van der Waals surface area contributed by atoms with Gasteiger partial charge in [0.15, 0.2) is 11.2 Å². The SMILES string of the molecule is O=c1c2[nH]cnc2ncn1C1CSCC(CO)O1. The van der Waals surface area contributed by atoms with Crippen molar-refractivity contribution in [1.82, 2.24) is 19.5 Å². The lowest BCUT2D eigenvalue weighted by atomic mass is 10.4. The second-order valence-electron chi connectivity index (χ2n) is 3.99. The minimum atomic E-state index is -0.395. The van der Waals surface area contributed by atoms with Gasteiger partial charge in [-0.15, -0.1) is 0 Å². The van der Waals surface area contributed by atoms with Gasteiger partial charge in [-0.3, -0.25) is 9.36 Å². The van der Waals surface area contributed by atoms with Gasteiger partial charge in [0.05, 0.1) is 19.0 Å². The maximum atomic E-state index is 12.2. The van der Waals surface area contributed by atoms with Crippen molar-refractivity contribution >= 4 is 22.9 Å². The lowest BCUT2D eigenvalue weighted by Gasteiger charge is -2.29. The zero-order valence-electron chi connectivity index (χ0n) is 9.44. The minimum absolute atomic E-state index is 0.0437. The number of fused-ring (bicyclic) bond motifs is 1. The maximum absolute atomic E-state index is 12.2. The van der Waals surface area contributed by atoms with Crippen molar-refractivity contribution in [2.24, 2.45) is 0 Å².